The van der Waals surface area contributed by atoms with Crippen LogP contribution in [0.1, 0.15) is 18.5 Å². The molecule has 0 aliphatic rings. The van der Waals surface area contributed by atoms with Gasteiger partial charge >= 0.3 is 0 Å². The standard InChI is InChI=1S/C19H21Cl2N3O2/c1-13(14-7-4-3-5-8-14)22-17(25)11-24(2)12-18(26)23-19-15(20)9-6-10-16(19)21/h3-10,13H,11-12H2,1-2H3,(H,22,25)(H,23,26)/t13-/m1/s1. The summed E-state index contributed by atoms with van der Waals surface area (Å²) in [6, 6.07) is 14.6. The summed E-state index contributed by atoms with van der Waals surface area (Å²) in [5.74, 6) is -0.459. The minimum Gasteiger partial charge on any atom is -0.348 e. The Morgan fingerprint density at radius 3 is 2.15 bits per heavy atom. The number of rotatable bonds is 7. The number of carbonyl (C=O) groups excluding carboxylic acids is 2. The molecule has 7 heteroatoms. The van der Waals surface area contributed by atoms with E-state index < -0.39 is 0 Å². The molecule has 5 nitrogen and oxygen atoms in total. The van der Waals surface area contributed by atoms with E-state index in [1.54, 1.807) is 30.1 Å². The Hall–Kier alpha value is -2.08. The lowest BCUT2D eigenvalue weighted by Crippen LogP contribution is -2.39. The Bertz CT molecular complexity index is 748. The second-order valence-electron chi connectivity index (χ2n) is 6.02. The summed E-state index contributed by atoms with van der Waals surface area (Å²) < 4.78 is 0. The third kappa shape index (κ3) is 6.02. The van der Waals surface area contributed by atoms with Crippen molar-refractivity contribution in [3.63, 3.8) is 0 Å². The van der Waals surface area contributed by atoms with Crippen molar-refractivity contribution in [1.29, 1.82) is 0 Å². The van der Waals surface area contributed by atoms with E-state index in [9.17, 15) is 9.59 Å². The van der Waals surface area contributed by atoms with Gasteiger partial charge in [-0.25, -0.2) is 0 Å². The SMILES string of the molecule is C[C@@H](NC(=O)CN(C)CC(=O)Nc1c(Cl)cccc1Cl)c1ccccc1. The van der Waals surface area contributed by atoms with Crippen molar-refractivity contribution < 1.29 is 9.59 Å². The van der Waals surface area contributed by atoms with Gasteiger partial charge in [0.25, 0.3) is 0 Å². The van der Waals surface area contributed by atoms with Gasteiger partial charge in [0, 0.05) is 0 Å². The number of likely N-dealkylation sites (N-methyl/N-ethyl adjacent to an activating group) is 1. The molecule has 0 fully saturated rings. The maximum absolute atomic E-state index is 12.2. The Balaban J connectivity index is 1.83. The van der Waals surface area contributed by atoms with Gasteiger partial charge in [-0.3, -0.25) is 14.5 Å². The molecule has 1 atom stereocenters. The van der Waals surface area contributed by atoms with Gasteiger partial charge in [-0.15, -0.1) is 0 Å². The first-order chi connectivity index (χ1) is 12.4. The van der Waals surface area contributed by atoms with E-state index in [2.05, 4.69) is 10.6 Å². The van der Waals surface area contributed by atoms with Crippen molar-refractivity contribution in [2.24, 2.45) is 0 Å². The number of hydrogen-bond acceptors (Lipinski definition) is 3. The summed E-state index contributed by atoms with van der Waals surface area (Å²) >= 11 is 12.1. The number of para-hydroxylation sites is 1. The van der Waals surface area contributed by atoms with Crippen molar-refractivity contribution in [2.75, 3.05) is 25.5 Å². The van der Waals surface area contributed by atoms with Gasteiger partial charge in [-0.05, 0) is 31.7 Å². The lowest BCUT2D eigenvalue weighted by Gasteiger charge is -2.19. The van der Waals surface area contributed by atoms with E-state index in [1.807, 2.05) is 37.3 Å². The molecular weight excluding hydrogens is 373 g/mol. The number of hydrogen-bond donors (Lipinski definition) is 2. The molecule has 0 saturated heterocycles. The molecule has 2 rings (SSSR count). The monoisotopic (exact) mass is 393 g/mol. The number of nitrogens with one attached hydrogen (secondary N) is 2. The highest BCUT2D eigenvalue weighted by atomic mass is 35.5. The first-order valence-corrected chi connectivity index (χ1v) is 8.89. The van der Waals surface area contributed by atoms with Crippen molar-refractivity contribution in [2.45, 2.75) is 13.0 Å². The molecule has 0 heterocycles. The molecule has 0 radical (unpaired) electrons. The van der Waals surface area contributed by atoms with Crippen molar-refractivity contribution >= 4 is 40.7 Å². The summed E-state index contributed by atoms with van der Waals surface area (Å²) in [6.07, 6.45) is 0. The average Bonchev–Trinajstić information content (AvgIpc) is 2.58. The zero-order valence-corrected chi connectivity index (χ0v) is 16.1. The summed E-state index contributed by atoms with van der Waals surface area (Å²) in [5, 5.41) is 6.31. The predicted molar refractivity (Wildman–Crippen MR) is 106 cm³/mol. The summed E-state index contributed by atoms with van der Waals surface area (Å²) in [4.78, 5) is 25.9. The molecule has 2 N–H and O–H groups in total. The highest BCUT2D eigenvalue weighted by molar-refractivity contribution is 6.39. The number of anilines is 1. The first kappa shape index (κ1) is 20.2. The molecule has 0 aromatic heterocycles. The third-order valence-corrected chi connectivity index (χ3v) is 4.36. The van der Waals surface area contributed by atoms with Crippen LogP contribution in [0, 0.1) is 0 Å². The molecule has 0 aliphatic carbocycles. The molecule has 0 spiro atoms. The molecule has 2 aromatic carbocycles. The second kappa shape index (κ2) is 9.57. The second-order valence-corrected chi connectivity index (χ2v) is 6.83. The molecule has 26 heavy (non-hydrogen) atoms. The van der Waals surface area contributed by atoms with Gasteiger partial charge in [0.15, 0.2) is 0 Å². The van der Waals surface area contributed by atoms with E-state index in [0.717, 1.165) is 5.56 Å². The van der Waals surface area contributed by atoms with E-state index in [4.69, 9.17) is 23.2 Å². The van der Waals surface area contributed by atoms with Gasteiger partial charge in [0.1, 0.15) is 0 Å². The fourth-order valence-electron chi connectivity index (χ4n) is 2.45. The predicted octanol–water partition coefficient (Wildman–Crippen LogP) is 3.74. The van der Waals surface area contributed by atoms with Gasteiger partial charge < -0.3 is 10.6 Å². The van der Waals surface area contributed by atoms with E-state index in [-0.39, 0.29) is 30.9 Å². The van der Waals surface area contributed by atoms with Crippen LogP contribution in [0.5, 0.6) is 0 Å². The Morgan fingerprint density at radius 2 is 1.54 bits per heavy atom. The average molecular weight is 394 g/mol. The van der Waals surface area contributed by atoms with E-state index in [0.29, 0.717) is 15.7 Å². The van der Waals surface area contributed by atoms with Gasteiger partial charge in [0.2, 0.25) is 11.8 Å². The van der Waals surface area contributed by atoms with E-state index in [1.165, 1.54) is 0 Å². The van der Waals surface area contributed by atoms with Crippen LogP contribution in [0.3, 0.4) is 0 Å². The van der Waals surface area contributed by atoms with Crippen LogP contribution in [-0.2, 0) is 9.59 Å². The molecular formula is C19H21Cl2N3O2. The van der Waals surface area contributed by atoms with Crippen LogP contribution in [-0.4, -0.2) is 36.9 Å². The molecule has 0 unspecified atom stereocenters. The summed E-state index contributed by atoms with van der Waals surface area (Å²) in [6.45, 7) is 2.05. The number of benzene rings is 2. The maximum atomic E-state index is 12.2. The maximum Gasteiger partial charge on any atom is 0.238 e. The fraction of sp³-hybridized carbons (Fsp3) is 0.263. The topological polar surface area (TPSA) is 61.4 Å². The highest BCUT2D eigenvalue weighted by Gasteiger charge is 2.15. The zero-order valence-electron chi connectivity index (χ0n) is 14.6. The molecule has 0 aliphatic heterocycles. The lowest BCUT2D eigenvalue weighted by molar-refractivity contribution is -0.123. The fourth-order valence-corrected chi connectivity index (χ4v) is 2.95. The normalized spacial score (nSPS) is 11.9. The highest BCUT2D eigenvalue weighted by Crippen LogP contribution is 2.29. The number of nitrogens with zero attached hydrogens (tertiary/aromatic N) is 1. The van der Waals surface area contributed by atoms with Crippen LogP contribution in [0.15, 0.2) is 48.5 Å². The van der Waals surface area contributed by atoms with Gasteiger partial charge in [-0.1, -0.05) is 59.6 Å². The largest absolute Gasteiger partial charge is 0.348 e. The minimum absolute atomic E-state index is 0.0364. The first-order valence-electron chi connectivity index (χ1n) is 8.13. The quantitative estimate of drug-likeness (QED) is 0.752. The molecule has 2 amide bonds. The number of carbonyl (C=O) groups is 2. The molecule has 0 saturated carbocycles. The lowest BCUT2D eigenvalue weighted by atomic mass is 10.1. The number of amides is 2. The van der Waals surface area contributed by atoms with Crippen molar-refractivity contribution in [1.82, 2.24) is 10.2 Å². The summed E-state index contributed by atoms with van der Waals surface area (Å²) in [5.41, 5.74) is 1.39. The van der Waals surface area contributed by atoms with Crippen LogP contribution in [0.4, 0.5) is 5.69 Å². The minimum atomic E-state index is -0.300. The Morgan fingerprint density at radius 1 is 0.962 bits per heavy atom. The van der Waals surface area contributed by atoms with Gasteiger partial charge in [-0.2, -0.15) is 0 Å². The van der Waals surface area contributed by atoms with Crippen LogP contribution in [0.2, 0.25) is 10.0 Å². The van der Waals surface area contributed by atoms with Gasteiger partial charge in [0.05, 0.1) is 34.9 Å². The molecule has 138 valence electrons. The Kier molecular flexibility index (Phi) is 7.45. The summed E-state index contributed by atoms with van der Waals surface area (Å²) in [7, 11) is 1.69. The van der Waals surface area contributed by atoms with Crippen molar-refractivity contribution in [3.05, 3.63) is 64.1 Å². The van der Waals surface area contributed by atoms with Crippen LogP contribution in [0.25, 0.3) is 0 Å². The third-order valence-electron chi connectivity index (χ3n) is 3.73. The molecule has 2 aromatic rings. The number of halogens is 2. The van der Waals surface area contributed by atoms with Crippen LogP contribution < -0.4 is 10.6 Å². The van der Waals surface area contributed by atoms with E-state index >= 15 is 0 Å². The van der Waals surface area contributed by atoms with Crippen molar-refractivity contribution in [3.8, 4) is 0 Å². The smallest absolute Gasteiger partial charge is 0.238 e. The van der Waals surface area contributed by atoms with Crippen LogP contribution >= 0.6 is 23.2 Å². The zero-order chi connectivity index (χ0) is 19.1. The molecule has 0 bridgehead atoms. The Labute approximate surface area is 163 Å².